The van der Waals surface area contributed by atoms with Gasteiger partial charge in [0.05, 0.1) is 10.6 Å². The van der Waals surface area contributed by atoms with Crippen molar-refractivity contribution in [2.75, 3.05) is 7.11 Å². The predicted molar refractivity (Wildman–Crippen MR) is 81.1 cm³/mol. The molecule has 0 aliphatic carbocycles. The minimum Gasteiger partial charge on any atom is -0.372 e. The molecule has 4 heteroatoms. The number of carbonyl (C=O) groups is 1. The van der Waals surface area contributed by atoms with Crippen LogP contribution in [0.15, 0.2) is 23.1 Å². The van der Waals surface area contributed by atoms with E-state index in [4.69, 9.17) is 4.74 Å². The largest absolute Gasteiger partial charge is 0.372 e. The van der Waals surface area contributed by atoms with Crippen LogP contribution in [-0.2, 0) is 9.53 Å². The van der Waals surface area contributed by atoms with Gasteiger partial charge in [-0.3, -0.25) is 4.79 Å². The van der Waals surface area contributed by atoms with E-state index in [1.165, 1.54) is 0 Å². The molecule has 3 nitrogen and oxygen atoms in total. The minimum absolute atomic E-state index is 0.0550. The van der Waals surface area contributed by atoms with Crippen molar-refractivity contribution in [1.82, 2.24) is 5.32 Å². The second kappa shape index (κ2) is 8.12. The average molecular weight is 281 g/mol. The van der Waals surface area contributed by atoms with E-state index >= 15 is 0 Å². The first-order valence-corrected chi connectivity index (χ1v) is 7.53. The van der Waals surface area contributed by atoms with Crippen LogP contribution in [0.3, 0.4) is 0 Å². The van der Waals surface area contributed by atoms with E-state index < -0.39 is 0 Å². The number of nitrogens with one attached hydrogen (secondary N) is 1. The molecule has 1 atom stereocenters. The molecular formula is C15H23NO2S. The van der Waals surface area contributed by atoms with Crippen LogP contribution in [0.5, 0.6) is 0 Å². The lowest BCUT2D eigenvalue weighted by Gasteiger charge is -2.17. The summed E-state index contributed by atoms with van der Waals surface area (Å²) in [6, 6.07) is 4.00. The molecule has 0 fully saturated rings. The second-order valence-corrected chi connectivity index (χ2v) is 5.66. The summed E-state index contributed by atoms with van der Waals surface area (Å²) in [4.78, 5) is 13.3. The standard InChI is InChI=1S/C15H23NO2S/c1-5-6-8-12(18-4)15(17)16-14(11(2)3)13-9-7-10-19-13/h7,9-10,12H,5-6,8H2,1-4H3,(H,16,17). The van der Waals surface area contributed by atoms with E-state index in [1.54, 1.807) is 18.4 Å². The first-order chi connectivity index (χ1) is 9.10. The Bertz CT molecular complexity index is 419. The van der Waals surface area contributed by atoms with Crippen LogP contribution < -0.4 is 5.32 Å². The van der Waals surface area contributed by atoms with Gasteiger partial charge in [-0.1, -0.05) is 31.4 Å². The van der Waals surface area contributed by atoms with Crippen LogP contribution >= 0.6 is 11.3 Å². The zero-order chi connectivity index (χ0) is 14.3. The Kier molecular flexibility index (Phi) is 6.81. The highest BCUT2D eigenvalue weighted by Gasteiger charge is 2.19. The van der Waals surface area contributed by atoms with Crippen molar-refractivity contribution in [1.29, 1.82) is 0 Å². The molecule has 1 aromatic heterocycles. The number of methoxy groups -OCH3 is 1. The Morgan fingerprint density at radius 2 is 2.21 bits per heavy atom. The summed E-state index contributed by atoms with van der Waals surface area (Å²) < 4.78 is 5.28. The lowest BCUT2D eigenvalue weighted by atomic mass is 10.1. The van der Waals surface area contributed by atoms with Gasteiger partial charge in [-0.05, 0) is 31.7 Å². The Morgan fingerprint density at radius 1 is 1.47 bits per heavy atom. The van der Waals surface area contributed by atoms with E-state index in [9.17, 15) is 4.79 Å². The van der Waals surface area contributed by atoms with Crippen molar-refractivity contribution in [3.8, 4) is 0 Å². The fraction of sp³-hybridized carbons (Fsp3) is 0.533. The van der Waals surface area contributed by atoms with Gasteiger partial charge in [-0.2, -0.15) is 0 Å². The number of rotatable bonds is 7. The minimum atomic E-state index is -0.366. The highest BCUT2D eigenvalue weighted by atomic mass is 32.1. The van der Waals surface area contributed by atoms with Crippen molar-refractivity contribution in [2.45, 2.75) is 46.1 Å². The summed E-state index contributed by atoms with van der Waals surface area (Å²) in [6.07, 6.45) is 2.45. The molecule has 0 spiro atoms. The van der Waals surface area contributed by atoms with Gasteiger partial charge in [0.25, 0.3) is 5.91 Å². The molecule has 1 rings (SSSR count). The molecule has 0 aromatic carbocycles. The monoisotopic (exact) mass is 281 g/mol. The number of allylic oxidation sites excluding steroid dienone is 1. The summed E-state index contributed by atoms with van der Waals surface area (Å²) in [5.74, 6) is -0.0550. The third-order valence-electron chi connectivity index (χ3n) is 2.91. The lowest BCUT2D eigenvalue weighted by Crippen LogP contribution is -2.35. The summed E-state index contributed by atoms with van der Waals surface area (Å²) in [7, 11) is 1.59. The Hall–Kier alpha value is -1.13. The zero-order valence-corrected chi connectivity index (χ0v) is 13.0. The van der Waals surface area contributed by atoms with Crippen LogP contribution in [0.25, 0.3) is 5.70 Å². The van der Waals surface area contributed by atoms with Crippen LogP contribution in [0, 0.1) is 0 Å². The molecule has 1 unspecified atom stereocenters. The van der Waals surface area contributed by atoms with E-state index in [-0.39, 0.29) is 12.0 Å². The number of carbonyl (C=O) groups excluding carboxylic acids is 1. The number of hydrogen-bond acceptors (Lipinski definition) is 3. The Balaban J connectivity index is 2.75. The fourth-order valence-electron chi connectivity index (χ4n) is 1.80. The number of thiophene rings is 1. The van der Waals surface area contributed by atoms with Crippen LogP contribution in [-0.4, -0.2) is 19.1 Å². The van der Waals surface area contributed by atoms with Gasteiger partial charge in [-0.15, -0.1) is 11.3 Å². The van der Waals surface area contributed by atoms with Crippen molar-refractivity contribution in [3.05, 3.63) is 28.0 Å². The van der Waals surface area contributed by atoms with Gasteiger partial charge in [0.1, 0.15) is 6.10 Å². The molecule has 0 saturated heterocycles. The zero-order valence-electron chi connectivity index (χ0n) is 12.2. The smallest absolute Gasteiger partial charge is 0.253 e. The molecule has 0 aliphatic heterocycles. The molecule has 1 amide bonds. The average Bonchev–Trinajstić information content (AvgIpc) is 2.90. The molecule has 106 valence electrons. The molecule has 1 heterocycles. The maximum absolute atomic E-state index is 12.2. The number of ether oxygens (including phenoxy) is 1. The summed E-state index contributed by atoms with van der Waals surface area (Å²) >= 11 is 1.63. The van der Waals surface area contributed by atoms with Gasteiger partial charge in [-0.25, -0.2) is 0 Å². The first kappa shape index (κ1) is 15.9. The third kappa shape index (κ3) is 4.80. The van der Waals surface area contributed by atoms with Crippen LogP contribution in [0.2, 0.25) is 0 Å². The summed E-state index contributed by atoms with van der Waals surface area (Å²) in [5, 5.41) is 5.01. The molecule has 0 radical (unpaired) electrons. The van der Waals surface area contributed by atoms with Crippen LogP contribution in [0.4, 0.5) is 0 Å². The van der Waals surface area contributed by atoms with Crippen molar-refractivity contribution in [3.63, 3.8) is 0 Å². The first-order valence-electron chi connectivity index (χ1n) is 6.65. The van der Waals surface area contributed by atoms with Gasteiger partial charge >= 0.3 is 0 Å². The quantitative estimate of drug-likeness (QED) is 0.825. The molecule has 0 aliphatic rings. The van der Waals surface area contributed by atoms with E-state index in [2.05, 4.69) is 12.2 Å². The highest BCUT2D eigenvalue weighted by Crippen LogP contribution is 2.21. The molecular weight excluding hydrogens is 258 g/mol. The number of hydrogen-bond donors (Lipinski definition) is 1. The summed E-state index contributed by atoms with van der Waals surface area (Å²) in [5.41, 5.74) is 2.00. The van der Waals surface area contributed by atoms with Crippen molar-refractivity contribution in [2.24, 2.45) is 0 Å². The van der Waals surface area contributed by atoms with Gasteiger partial charge < -0.3 is 10.1 Å². The Labute approximate surface area is 119 Å². The topological polar surface area (TPSA) is 38.3 Å². The number of unbranched alkanes of at least 4 members (excludes halogenated alkanes) is 1. The molecule has 19 heavy (non-hydrogen) atoms. The molecule has 1 N–H and O–H groups in total. The van der Waals surface area contributed by atoms with E-state index in [1.807, 2.05) is 31.4 Å². The maximum Gasteiger partial charge on any atom is 0.253 e. The molecule has 0 bridgehead atoms. The van der Waals surface area contributed by atoms with Gasteiger partial charge in [0.15, 0.2) is 0 Å². The van der Waals surface area contributed by atoms with Crippen molar-refractivity contribution >= 4 is 22.9 Å². The van der Waals surface area contributed by atoms with Crippen LogP contribution in [0.1, 0.15) is 44.9 Å². The van der Waals surface area contributed by atoms with Crippen molar-refractivity contribution < 1.29 is 9.53 Å². The molecule has 1 aromatic rings. The van der Waals surface area contributed by atoms with Gasteiger partial charge in [0, 0.05) is 7.11 Å². The SMILES string of the molecule is CCCCC(OC)C(=O)NC(=C(C)C)c1cccs1. The maximum atomic E-state index is 12.2. The third-order valence-corrected chi connectivity index (χ3v) is 3.80. The van der Waals surface area contributed by atoms with E-state index in [0.29, 0.717) is 0 Å². The molecule has 0 saturated carbocycles. The fourth-order valence-corrected chi connectivity index (χ4v) is 2.64. The predicted octanol–water partition coefficient (Wildman–Crippen LogP) is 3.82. The summed E-state index contributed by atoms with van der Waals surface area (Å²) in [6.45, 7) is 6.12. The second-order valence-electron chi connectivity index (χ2n) is 4.71. The van der Waals surface area contributed by atoms with E-state index in [0.717, 1.165) is 35.4 Å². The number of amides is 1. The van der Waals surface area contributed by atoms with Gasteiger partial charge in [0.2, 0.25) is 0 Å². The lowest BCUT2D eigenvalue weighted by molar-refractivity contribution is -0.130. The normalized spacial score (nSPS) is 12.0. The highest BCUT2D eigenvalue weighted by molar-refractivity contribution is 7.11. The Morgan fingerprint density at radius 3 is 2.68 bits per heavy atom.